The SMILES string of the molecule is Cc1nc2cc(NC(=O)c3csc(Nc4cccnc4)n3)ccc2s1. The number of nitrogens with zero attached hydrogens (tertiary/aromatic N) is 3. The van der Waals surface area contributed by atoms with Gasteiger partial charge in [-0.05, 0) is 37.3 Å². The Labute approximate surface area is 151 Å². The van der Waals surface area contributed by atoms with Gasteiger partial charge in [0.05, 0.1) is 27.1 Å². The first-order chi connectivity index (χ1) is 12.2. The summed E-state index contributed by atoms with van der Waals surface area (Å²) in [5.41, 5.74) is 2.79. The Hall–Kier alpha value is -2.84. The number of anilines is 3. The van der Waals surface area contributed by atoms with Gasteiger partial charge in [0.25, 0.3) is 5.91 Å². The van der Waals surface area contributed by atoms with Crippen molar-refractivity contribution < 1.29 is 4.79 Å². The van der Waals surface area contributed by atoms with Crippen LogP contribution in [-0.4, -0.2) is 20.9 Å². The minimum Gasteiger partial charge on any atom is -0.330 e. The lowest BCUT2D eigenvalue weighted by Gasteiger charge is -2.03. The molecule has 0 bridgehead atoms. The van der Waals surface area contributed by atoms with Crippen LogP contribution in [0.25, 0.3) is 10.2 Å². The molecular formula is C17H13N5OS2. The summed E-state index contributed by atoms with van der Waals surface area (Å²) in [5, 5.41) is 9.36. The van der Waals surface area contributed by atoms with E-state index >= 15 is 0 Å². The van der Waals surface area contributed by atoms with E-state index < -0.39 is 0 Å². The molecule has 0 saturated carbocycles. The first-order valence-electron chi connectivity index (χ1n) is 7.48. The summed E-state index contributed by atoms with van der Waals surface area (Å²) in [6.45, 7) is 1.97. The van der Waals surface area contributed by atoms with Crippen LogP contribution in [0.5, 0.6) is 0 Å². The molecule has 0 saturated heterocycles. The number of fused-ring (bicyclic) bond motifs is 1. The smallest absolute Gasteiger partial charge is 0.275 e. The molecule has 4 aromatic rings. The maximum absolute atomic E-state index is 12.4. The maximum atomic E-state index is 12.4. The lowest BCUT2D eigenvalue weighted by Crippen LogP contribution is -2.12. The molecule has 3 aromatic heterocycles. The zero-order valence-electron chi connectivity index (χ0n) is 13.2. The van der Waals surface area contributed by atoms with Gasteiger partial charge in [0.2, 0.25) is 0 Å². The zero-order chi connectivity index (χ0) is 17.2. The van der Waals surface area contributed by atoms with Gasteiger partial charge in [0.1, 0.15) is 5.69 Å². The summed E-state index contributed by atoms with van der Waals surface area (Å²) >= 11 is 3.00. The Morgan fingerprint density at radius 2 is 2.08 bits per heavy atom. The molecule has 6 nitrogen and oxygen atoms in total. The minimum atomic E-state index is -0.248. The molecule has 1 aromatic carbocycles. The predicted octanol–water partition coefficient (Wildman–Crippen LogP) is 4.45. The summed E-state index contributed by atoms with van der Waals surface area (Å²) in [6, 6.07) is 9.43. The Kier molecular flexibility index (Phi) is 4.12. The van der Waals surface area contributed by atoms with Crippen molar-refractivity contribution in [1.82, 2.24) is 15.0 Å². The van der Waals surface area contributed by atoms with Gasteiger partial charge in [-0.15, -0.1) is 22.7 Å². The lowest BCUT2D eigenvalue weighted by molar-refractivity contribution is 0.102. The van der Waals surface area contributed by atoms with E-state index in [1.54, 1.807) is 29.1 Å². The summed E-state index contributed by atoms with van der Waals surface area (Å²) in [4.78, 5) is 25.2. The van der Waals surface area contributed by atoms with Crippen LogP contribution in [0.1, 0.15) is 15.5 Å². The highest BCUT2D eigenvalue weighted by Gasteiger charge is 2.12. The molecule has 1 amide bonds. The van der Waals surface area contributed by atoms with Gasteiger partial charge in [-0.3, -0.25) is 9.78 Å². The van der Waals surface area contributed by atoms with Crippen LogP contribution in [0.3, 0.4) is 0 Å². The van der Waals surface area contributed by atoms with Gasteiger partial charge in [-0.1, -0.05) is 0 Å². The predicted molar refractivity (Wildman–Crippen MR) is 102 cm³/mol. The fraction of sp³-hybridized carbons (Fsp3) is 0.0588. The molecule has 0 unspecified atom stereocenters. The third-order valence-corrected chi connectivity index (χ3v) is 5.11. The fourth-order valence-corrected chi connectivity index (χ4v) is 3.83. The van der Waals surface area contributed by atoms with Gasteiger partial charge in [0, 0.05) is 17.3 Å². The van der Waals surface area contributed by atoms with Crippen molar-refractivity contribution in [1.29, 1.82) is 0 Å². The Bertz CT molecular complexity index is 1040. The number of nitrogens with one attached hydrogen (secondary N) is 2. The van der Waals surface area contributed by atoms with E-state index in [9.17, 15) is 4.79 Å². The van der Waals surface area contributed by atoms with Crippen LogP contribution in [-0.2, 0) is 0 Å². The van der Waals surface area contributed by atoms with E-state index in [1.165, 1.54) is 11.3 Å². The summed E-state index contributed by atoms with van der Waals surface area (Å²) in [6.07, 6.45) is 3.40. The number of hydrogen-bond donors (Lipinski definition) is 2. The van der Waals surface area contributed by atoms with Crippen molar-refractivity contribution in [3.8, 4) is 0 Å². The third-order valence-electron chi connectivity index (χ3n) is 3.40. The number of thiazole rings is 2. The number of rotatable bonds is 4. The largest absolute Gasteiger partial charge is 0.330 e. The molecule has 0 atom stereocenters. The Balaban J connectivity index is 1.48. The number of hydrogen-bond acceptors (Lipinski definition) is 7. The molecule has 124 valence electrons. The third kappa shape index (κ3) is 3.49. The van der Waals surface area contributed by atoms with Crippen LogP contribution < -0.4 is 10.6 Å². The van der Waals surface area contributed by atoms with E-state index in [4.69, 9.17) is 0 Å². The second-order valence-electron chi connectivity index (χ2n) is 5.27. The first kappa shape index (κ1) is 15.7. The highest BCUT2D eigenvalue weighted by Crippen LogP contribution is 2.25. The van der Waals surface area contributed by atoms with Gasteiger partial charge in [0.15, 0.2) is 5.13 Å². The highest BCUT2D eigenvalue weighted by molar-refractivity contribution is 7.18. The number of aryl methyl sites for hydroxylation is 1. The summed E-state index contributed by atoms with van der Waals surface area (Å²) in [5.74, 6) is -0.248. The van der Waals surface area contributed by atoms with Crippen LogP contribution in [0.15, 0.2) is 48.1 Å². The van der Waals surface area contributed by atoms with Crippen molar-refractivity contribution >= 4 is 55.3 Å². The van der Waals surface area contributed by atoms with E-state index in [1.807, 2.05) is 37.3 Å². The Morgan fingerprint density at radius 3 is 2.92 bits per heavy atom. The highest BCUT2D eigenvalue weighted by atomic mass is 32.1. The van der Waals surface area contributed by atoms with Gasteiger partial charge in [-0.25, -0.2) is 9.97 Å². The molecule has 8 heteroatoms. The van der Waals surface area contributed by atoms with Crippen LogP contribution in [0.2, 0.25) is 0 Å². The fourth-order valence-electron chi connectivity index (χ4n) is 2.31. The van der Waals surface area contributed by atoms with Crippen LogP contribution in [0, 0.1) is 6.92 Å². The topological polar surface area (TPSA) is 79.8 Å². The van der Waals surface area contributed by atoms with Crippen molar-refractivity contribution in [2.45, 2.75) is 6.92 Å². The normalized spacial score (nSPS) is 10.8. The second kappa shape index (κ2) is 6.58. The van der Waals surface area contributed by atoms with Crippen molar-refractivity contribution in [2.75, 3.05) is 10.6 Å². The quantitative estimate of drug-likeness (QED) is 0.557. The molecule has 2 N–H and O–H groups in total. The Morgan fingerprint density at radius 1 is 1.16 bits per heavy atom. The van der Waals surface area contributed by atoms with Crippen molar-refractivity contribution in [3.05, 3.63) is 58.8 Å². The molecule has 25 heavy (non-hydrogen) atoms. The molecule has 0 fully saturated rings. The molecule has 0 spiro atoms. The van der Waals surface area contributed by atoms with Crippen LogP contribution in [0.4, 0.5) is 16.5 Å². The molecule has 0 aliphatic carbocycles. The van der Waals surface area contributed by atoms with Crippen LogP contribution >= 0.6 is 22.7 Å². The number of carbonyl (C=O) groups is 1. The van der Waals surface area contributed by atoms with Gasteiger partial charge in [-0.2, -0.15) is 0 Å². The van der Waals surface area contributed by atoms with E-state index in [0.29, 0.717) is 16.5 Å². The van der Waals surface area contributed by atoms with E-state index in [0.717, 1.165) is 20.9 Å². The van der Waals surface area contributed by atoms with Crippen molar-refractivity contribution in [3.63, 3.8) is 0 Å². The van der Waals surface area contributed by atoms with E-state index in [-0.39, 0.29) is 5.91 Å². The first-order valence-corrected chi connectivity index (χ1v) is 9.18. The summed E-state index contributed by atoms with van der Waals surface area (Å²) < 4.78 is 1.10. The number of aromatic nitrogens is 3. The number of carbonyl (C=O) groups excluding carboxylic acids is 1. The maximum Gasteiger partial charge on any atom is 0.275 e. The minimum absolute atomic E-state index is 0.248. The molecule has 4 rings (SSSR count). The molecular weight excluding hydrogens is 354 g/mol. The standard InChI is InChI=1S/C17H13N5OS2/c1-10-19-13-7-11(4-5-15(13)25-10)20-16(23)14-9-24-17(22-14)21-12-3-2-6-18-8-12/h2-9H,1H3,(H,20,23)(H,21,22). The number of pyridine rings is 1. The second-order valence-corrected chi connectivity index (χ2v) is 7.37. The van der Waals surface area contributed by atoms with Gasteiger partial charge < -0.3 is 10.6 Å². The summed E-state index contributed by atoms with van der Waals surface area (Å²) in [7, 11) is 0. The van der Waals surface area contributed by atoms with Crippen molar-refractivity contribution in [2.24, 2.45) is 0 Å². The molecule has 0 radical (unpaired) electrons. The average Bonchev–Trinajstić information content (AvgIpc) is 3.21. The molecule has 0 aliphatic rings. The molecule has 0 aliphatic heterocycles. The zero-order valence-corrected chi connectivity index (χ0v) is 14.8. The average molecular weight is 367 g/mol. The lowest BCUT2D eigenvalue weighted by atomic mass is 10.3. The number of benzene rings is 1. The number of amides is 1. The monoisotopic (exact) mass is 367 g/mol. The molecule has 3 heterocycles. The van der Waals surface area contributed by atoms with E-state index in [2.05, 4.69) is 25.6 Å². The van der Waals surface area contributed by atoms with Gasteiger partial charge >= 0.3 is 0 Å².